The Balaban J connectivity index is 1.35. The Morgan fingerprint density at radius 1 is 0.929 bits per heavy atom. The number of carbonyl (C=O) groups is 2. The van der Waals surface area contributed by atoms with Gasteiger partial charge in [-0.05, 0) is 49.2 Å². The van der Waals surface area contributed by atoms with Gasteiger partial charge in [-0.25, -0.2) is 0 Å². The van der Waals surface area contributed by atoms with Crippen molar-refractivity contribution in [3.05, 3.63) is 70.7 Å². The van der Waals surface area contributed by atoms with Crippen LogP contribution in [0.15, 0.2) is 54.6 Å². The van der Waals surface area contributed by atoms with Crippen molar-refractivity contribution in [1.82, 2.24) is 15.5 Å². The Morgan fingerprint density at radius 3 is 2.32 bits per heavy atom. The third kappa shape index (κ3) is 6.36. The molecule has 28 heavy (non-hydrogen) atoms. The molecule has 1 fully saturated rings. The summed E-state index contributed by atoms with van der Waals surface area (Å²) in [6.45, 7) is 2.91. The van der Waals surface area contributed by atoms with E-state index in [9.17, 15) is 9.59 Å². The summed E-state index contributed by atoms with van der Waals surface area (Å²) in [6.07, 6.45) is 1.56. The molecule has 0 saturated carbocycles. The summed E-state index contributed by atoms with van der Waals surface area (Å²) < 4.78 is 0. The molecule has 2 aromatic carbocycles. The lowest BCUT2D eigenvalue weighted by molar-refractivity contribution is -0.127. The Bertz CT molecular complexity index is 789. The van der Waals surface area contributed by atoms with Gasteiger partial charge >= 0.3 is 0 Å². The van der Waals surface area contributed by atoms with Gasteiger partial charge in [0.05, 0.1) is 6.54 Å². The van der Waals surface area contributed by atoms with Crippen LogP contribution in [0.5, 0.6) is 0 Å². The number of likely N-dealkylation sites (tertiary alicyclic amines) is 1. The molecule has 2 N–H and O–H groups in total. The van der Waals surface area contributed by atoms with Crippen LogP contribution in [0.2, 0.25) is 5.02 Å². The standard InChI is InChI=1S/C22H26ClN3O2/c23-20-8-4-7-18(13-20)15-24-21(27)16-26-11-9-19(10-12-26)22(28)25-14-17-5-2-1-3-6-17/h1-8,13,19H,9-12,14-16H2,(H,24,27)(H,25,28). The van der Waals surface area contributed by atoms with Crippen LogP contribution in [-0.2, 0) is 22.7 Å². The van der Waals surface area contributed by atoms with Crippen molar-refractivity contribution in [3.8, 4) is 0 Å². The maximum absolute atomic E-state index is 12.4. The van der Waals surface area contributed by atoms with E-state index < -0.39 is 0 Å². The molecule has 1 aliphatic rings. The van der Waals surface area contributed by atoms with Crippen LogP contribution in [0.3, 0.4) is 0 Å². The van der Waals surface area contributed by atoms with Crippen molar-refractivity contribution in [1.29, 1.82) is 0 Å². The molecule has 5 nitrogen and oxygen atoms in total. The second-order valence-corrected chi connectivity index (χ2v) is 7.60. The minimum atomic E-state index is -0.00745. The lowest BCUT2D eigenvalue weighted by Crippen LogP contribution is -2.44. The fourth-order valence-corrected chi connectivity index (χ4v) is 3.60. The van der Waals surface area contributed by atoms with Crippen molar-refractivity contribution >= 4 is 23.4 Å². The predicted octanol–water partition coefficient (Wildman–Crippen LogP) is 2.98. The molecule has 1 saturated heterocycles. The summed E-state index contributed by atoms with van der Waals surface area (Å²) in [6, 6.07) is 17.4. The predicted molar refractivity (Wildman–Crippen MR) is 111 cm³/mol. The van der Waals surface area contributed by atoms with Crippen molar-refractivity contribution in [2.24, 2.45) is 5.92 Å². The summed E-state index contributed by atoms with van der Waals surface area (Å²) in [5.41, 5.74) is 2.08. The van der Waals surface area contributed by atoms with Crippen molar-refractivity contribution in [2.45, 2.75) is 25.9 Å². The Labute approximate surface area is 171 Å². The van der Waals surface area contributed by atoms with E-state index >= 15 is 0 Å². The molecule has 1 aliphatic heterocycles. The molecule has 0 radical (unpaired) electrons. The molecular weight excluding hydrogens is 374 g/mol. The van der Waals surface area contributed by atoms with E-state index in [1.54, 1.807) is 0 Å². The number of amides is 2. The van der Waals surface area contributed by atoms with Crippen LogP contribution >= 0.6 is 11.6 Å². The fraction of sp³-hybridized carbons (Fsp3) is 0.364. The van der Waals surface area contributed by atoms with Gasteiger partial charge in [-0.15, -0.1) is 0 Å². The Kier molecular flexibility index (Phi) is 7.46. The average Bonchev–Trinajstić information content (AvgIpc) is 2.72. The fourth-order valence-electron chi connectivity index (χ4n) is 3.39. The lowest BCUT2D eigenvalue weighted by Gasteiger charge is -2.30. The topological polar surface area (TPSA) is 61.4 Å². The lowest BCUT2D eigenvalue weighted by atomic mass is 9.96. The van der Waals surface area contributed by atoms with Crippen LogP contribution in [0, 0.1) is 5.92 Å². The van der Waals surface area contributed by atoms with E-state index in [0.717, 1.165) is 37.1 Å². The monoisotopic (exact) mass is 399 g/mol. The van der Waals surface area contributed by atoms with Crippen LogP contribution in [0.1, 0.15) is 24.0 Å². The SMILES string of the molecule is O=C(CN1CCC(C(=O)NCc2ccccc2)CC1)NCc1cccc(Cl)c1. The van der Waals surface area contributed by atoms with Crippen molar-refractivity contribution < 1.29 is 9.59 Å². The number of nitrogens with zero attached hydrogens (tertiary/aromatic N) is 1. The summed E-state index contributed by atoms with van der Waals surface area (Å²) in [5.74, 6) is 0.121. The summed E-state index contributed by atoms with van der Waals surface area (Å²) in [4.78, 5) is 26.7. The minimum Gasteiger partial charge on any atom is -0.352 e. The highest BCUT2D eigenvalue weighted by Gasteiger charge is 2.25. The maximum atomic E-state index is 12.4. The second-order valence-electron chi connectivity index (χ2n) is 7.16. The summed E-state index contributed by atoms with van der Waals surface area (Å²) in [5, 5.41) is 6.61. The van der Waals surface area contributed by atoms with Gasteiger partial charge in [0, 0.05) is 24.0 Å². The van der Waals surface area contributed by atoms with Gasteiger partial charge in [0.25, 0.3) is 0 Å². The first kappa shape index (κ1) is 20.4. The Hall–Kier alpha value is -2.37. The van der Waals surface area contributed by atoms with Gasteiger partial charge in [-0.3, -0.25) is 14.5 Å². The number of rotatable bonds is 7. The first-order valence-corrected chi connectivity index (χ1v) is 10.0. The van der Waals surface area contributed by atoms with Gasteiger partial charge in [0.1, 0.15) is 0 Å². The average molecular weight is 400 g/mol. The number of hydrogen-bond acceptors (Lipinski definition) is 3. The van der Waals surface area contributed by atoms with E-state index in [4.69, 9.17) is 11.6 Å². The van der Waals surface area contributed by atoms with Gasteiger partial charge in [-0.2, -0.15) is 0 Å². The summed E-state index contributed by atoms with van der Waals surface area (Å²) in [7, 11) is 0. The van der Waals surface area contributed by atoms with Crippen LogP contribution in [0.4, 0.5) is 0 Å². The van der Waals surface area contributed by atoms with Gasteiger partial charge in [0.2, 0.25) is 11.8 Å². The highest BCUT2D eigenvalue weighted by atomic mass is 35.5. The molecule has 2 amide bonds. The molecule has 3 rings (SSSR count). The van der Waals surface area contributed by atoms with Crippen molar-refractivity contribution in [2.75, 3.05) is 19.6 Å². The first-order valence-electron chi connectivity index (χ1n) is 9.65. The highest BCUT2D eigenvalue weighted by Crippen LogP contribution is 2.17. The third-order valence-electron chi connectivity index (χ3n) is 5.01. The van der Waals surface area contributed by atoms with Gasteiger partial charge < -0.3 is 10.6 Å². The second kappa shape index (κ2) is 10.2. The van der Waals surface area contributed by atoms with E-state index in [1.807, 2.05) is 54.6 Å². The molecule has 0 aliphatic carbocycles. The number of piperidine rings is 1. The highest BCUT2D eigenvalue weighted by molar-refractivity contribution is 6.30. The molecule has 0 spiro atoms. The molecule has 0 unspecified atom stereocenters. The van der Waals surface area contributed by atoms with Gasteiger partial charge in [0.15, 0.2) is 0 Å². The number of carbonyl (C=O) groups excluding carboxylic acids is 2. The molecule has 0 atom stereocenters. The third-order valence-corrected chi connectivity index (χ3v) is 5.25. The Morgan fingerprint density at radius 2 is 1.61 bits per heavy atom. The van der Waals surface area contributed by atoms with Crippen LogP contribution in [-0.4, -0.2) is 36.3 Å². The van der Waals surface area contributed by atoms with E-state index in [1.165, 1.54) is 0 Å². The van der Waals surface area contributed by atoms with E-state index in [0.29, 0.717) is 24.7 Å². The number of hydrogen-bond donors (Lipinski definition) is 2. The molecular formula is C22H26ClN3O2. The molecule has 0 aromatic heterocycles. The smallest absolute Gasteiger partial charge is 0.234 e. The normalized spacial score (nSPS) is 15.2. The zero-order chi connectivity index (χ0) is 19.8. The molecule has 1 heterocycles. The van der Waals surface area contributed by atoms with Crippen molar-refractivity contribution in [3.63, 3.8) is 0 Å². The quantitative estimate of drug-likeness (QED) is 0.752. The summed E-state index contributed by atoms with van der Waals surface area (Å²) >= 11 is 5.96. The maximum Gasteiger partial charge on any atom is 0.234 e. The van der Waals surface area contributed by atoms with Gasteiger partial charge in [-0.1, -0.05) is 54.1 Å². The van der Waals surface area contributed by atoms with Crippen LogP contribution < -0.4 is 10.6 Å². The molecule has 6 heteroatoms. The van der Waals surface area contributed by atoms with E-state index in [-0.39, 0.29) is 17.7 Å². The first-order chi connectivity index (χ1) is 13.6. The largest absolute Gasteiger partial charge is 0.352 e. The zero-order valence-corrected chi connectivity index (χ0v) is 16.6. The number of benzene rings is 2. The molecule has 0 bridgehead atoms. The van der Waals surface area contributed by atoms with E-state index in [2.05, 4.69) is 15.5 Å². The van der Waals surface area contributed by atoms with Crippen LogP contribution in [0.25, 0.3) is 0 Å². The molecule has 148 valence electrons. The molecule has 2 aromatic rings. The zero-order valence-electron chi connectivity index (χ0n) is 15.9. The number of nitrogens with one attached hydrogen (secondary N) is 2. The minimum absolute atomic E-state index is 0.00745. The number of halogens is 1.